The average molecular weight is 290 g/mol. The lowest BCUT2D eigenvalue weighted by Crippen LogP contribution is -2.39. The van der Waals surface area contributed by atoms with E-state index in [1.54, 1.807) is 0 Å². The molecule has 0 aliphatic heterocycles. The zero-order chi connectivity index (χ0) is 13.9. The minimum Gasteiger partial charge on any atom is -0.271 e. The van der Waals surface area contributed by atoms with Gasteiger partial charge in [0.1, 0.15) is 0 Å². The number of fused-ring (bicyclic) bond motifs is 2. The standard InChI is InChI=1S/C17H26N2S/c1-12-3-2-4-17(7-12)20-11-16(19-18)10-15-9-13-5-6-14(15)8-13/h2-4,7,13-16,19H,5-6,8-11,18H2,1H3. The highest BCUT2D eigenvalue weighted by Crippen LogP contribution is 2.50. The zero-order valence-electron chi connectivity index (χ0n) is 12.3. The number of nitrogens with two attached hydrogens (primary N) is 1. The highest BCUT2D eigenvalue weighted by molar-refractivity contribution is 7.99. The average Bonchev–Trinajstić information content (AvgIpc) is 3.06. The Bertz CT molecular complexity index is 448. The first-order valence-corrected chi connectivity index (χ1v) is 8.88. The maximum Gasteiger partial charge on any atom is 0.0307 e. The van der Waals surface area contributed by atoms with Crippen LogP contribution in [-0.4, -0.2) is 11.8 Å². The Morgan fingerprint density at radius 3 is 2.90 bits per heavy atom. The minimum absolute atomic E-state index is 0.449. The zero-order valence-corrected chi connectivity index (χ0v) is 13.2. The molecular formula is C17H26N2S. The molecule has 0 spiro atoms. The molecule has 2 bridgehead atoms. The molecule has 2 nitrogen and oxygen atoms in total. The summed E-state index contributed by atoms with van der Waals surface area (Å²) in [7, 11) is 0. The quantitative estimate of drug-likeness (QED) is 0.476. The summed E-state index contributed by atoms with van der Waals surface area (Å²) < 4.78 is 0. The van der Waals surface area contributed by atoms with Crippen LogP contribution in [0.2, 0.25) is 0 Å². The van der Waals surface area contributed by atoms with Crippen molar-refractivity contribution in [1.29, 1.82) is 0 Å². The largest absolute Gasteiger partial charge is 0.271 e. The minimum atomic E-state index is 0.449. The monoisotopic (exact) mass is 290 g/mol. The second-order valence-electron chi connectivity index (χ2n) is 6.66. The van der Waals surface area contributed by atoms with Gasteiger partial charge >= 0.3 is 0 Å². The molecule has 0 amide bonds. The number of thioether (sulfide) groups is 1. The normalized spacial score (nSPS) is 29.8. The molecule has 4 atom stereocenters. The molecule has 0 radical (unpaired) electrons. The van der Waals surface area contributed by atoms with E-state index in [4.69, 9.17) is 5.84 Å². The third-order valence-electron chi connectivity index (χ3n) is 5.15. The van der Waals surface area contributed by atoms with Crippen molar-refractivity contribution in [2.24, 2.45) is 23.6 Å². The van der Waals surface area contributed by atoms with Gasteiger partial charge in [0.25, 0.3) is 0 Å². The number of hydrogen-bond donors (Lipinski definition) is 2. The Kier molecular flexibility index (Phi) is 4.69. The summed E-state index contributed by atoms with van der Waals surface area (Å²) in [5.41, 5.74) is 4.39. The van der Waals surface area contributed by atoms with Gasteiger partial charge in [0.05, 0.1) is 0 Å². The van der Waals surface area contributed by atoms with Gasteiger partial charge in [-0.15, -0.1) is 11.8 Å². The molecule has 1 aromatic rings. The van der Waals surface area contributed by atoms with Crippen LogP contribution in [0.5, 0.6) is 0 Å². The second kappa shape index (κ2) is 6.50. The van der Waals surface area contributed by atoms with Crippen LogP contribution in [0.15, 0.2) is 29.2 Å². The van der Waals surface area contributed by atoms with Crippen LogP contribution in [0, 0.1) is 24.7 Å². The molecule has 4 unspecified atom stereocenters. The first kappa shape index (κ1) is 14.4. The molecule has 3 rings (SSSR count). The third-order valence-corrected chi connectivity index (χ3v) is 6.30. The van der Waals surface area contributed by atoms with Crippen LogP contribution in [0.25, 0.3) is 0 Å². The highest BCUT2D eigenvalue weighted by Gasteiger charge is 2.39. The third kappa shape index (κ3) is 3.38. The molecule has 0 aromatic heterocycles. The molecule has 0 heterocycles. The number of benzene rings is 1. The first-order chi connectivity index (χ1) is 9.74. The van der Waals surface area contributed by atoms with E-state index in [-0.39, 0.29) is 0 Å². The van der Waals surface area contributed by atoms with E-state index >= 15 is 0 Å². The molecule has 2 saturated carbocycles. The van der Waals surface area contributed by atoms with Crippen molar-refractivity contribution < 1.29 is 0 Å². The van der Waals surface area contributed by atoms with Crippen molar-refractivity contribution in [3.63, 3.8) is 0 Å². The first-order valence-electron chi connectivity index (χ1n) is 7.90. The van der Waals surface area contributed by atoms with Crippen LogP contribution >= 0.6 is 11.8 Å². The Labute approximate surface area is 126 Å². The fourth-order valence-corrected chi connectivity index (χ4v) is 5.19. The molecule has 2 fully saturated rings. The van der Waals surface area contributed by atoms with Crippen LogP contribution < -0.4 is 11.3 Å². The molecule has 110 valence electrons. The van der Waals surface area contributed by atoms with Crippen molar-refractivity contribution in [3.8, 4) is 0 Å². The number of nitrogens with one attached hydrogen (secondary N) is 1. The predicted octanol–water partition coefficient (Wildman–Crippen LogP) is 3.75. The van der Waals surface area contributed by atoms with E-state index in [0.29, 0.717) is 6.04 Å². The summed E-state index contributed by atoms with van der Waals surface area (Å²) in [4.78, 5) is 1.36. The van der Waals surface area contributed by atoms with Crippen molar-refractivity contribution in [2.75, 3.05) is 5.75 Å². The van der Waals surface area contributed by atoms with Gasteiger partial charge in [0.15, 0.2) is 0 Å². The van der Waals surface area contributed by atoms with Gasteiger partial charge in [-0.25, -0.2) is 0 Å². The van der Waals surface area contributed by atoms with Crippen LogP contribution in [-0.2, 0) is 0 Å². The lowest BCUT2D eigenvalue weighted by Gasteiger charge is -2.26. The lowest BCUT2D eigenvalue weighted by molar-refractivity contribution is 0.287. The maximum absolute atomic E-state index is 5.78. The van der Waals surface area contributed by atoms with E-state index < -0.39 is 0 Å². The van der Waals surface area contributed by atoms with Crippen molar-refractivity contribution in [2.45, 2.75) is 50.0 Å². The van der Waals surface area contributed by atoms with Crippen LogP contribution in [0.3, 0.4) is 0 Å². The van der Waals surface area contributed by atoms with Crippen LogP contribution in [0.4, 0.5) is 0 Å². The SMILES string of the molecule is Cc1cccc(SCC(CC2CC3CCC2C3)NN)c1. The summed E-state index contributed by atoms with van der Waals surface area (Å²) in [6.07, 6.45) is 7.17. The molecule has 20 heavy (non-hydrogen) atoms. The molecule has 2 aliphatic rings. The summed E-state index contributed by atoms with van der Waals surface area (Å²) in [5.74, 6) is 9.82. The van der Waals surface area contributed by atoms with Crippen molar-refractivity contribution >= 4 is 11.8 Å². The fraction of sp³-hybridized carbons (Fsp3) is 0.647. The van der Waals surface area contributed by atoms with Gasteiger partial charge in [-0.05, 0) is 62.5 Å². The number of hydrazine groups is 1. The number of rotatable bonds is 6. The molecule has 3 heteroatoms. The van der Waals surface area contributed by atoms with E-state index in [0.717, 1.165) is 23.5 Å². The van der Waals surface area contributed by atoms with Gasteiger partial charge < -0.3 is 0 Å². The second-order valence-corrected chi connectivity index (χ2v) is 7.76. The van der Waals surface area contributed by atoms with Crippen molar-refractivity contribution in [1.82, 2.24) is 5.43 Å². The summed E-state index contributed by atoms with van der Waals surface area (Å²) >= 11 is 1.93. The van der Waals surface area contributed by atoms with Gasteiger partial charge in [-0.3, -0.25) is 11.3 Å². The summed E-state index contributed by atoms with van der Waals surface area (Å²) in [6.45, 7) is 2.15. The molecule has 0 saturated heterocycles. The summed E-state index contributed by atoms with van der Waals surface area (Å²) in [6, 6.07) is 9.19. The van der Waals surface area contributed by atoms with Crippen molar-refractivity contribution in [3.05, 3.63) is 29.8 Å². The Morgan fingerprint density at radius 2 is 2.25 bits per heavy atom. The highest BCUT2D eigenvalue weighted by atomic mass is 32.2. The van der Waals surface area contributed by atoms with Gasteiger partial charge in [-0.2, -0.15) is 0 Å². The smallest absolute Gasteiger partial charge is 0.0307 e. The van der Waals surface area contributed by atoms with Gasteiger partial charge in [0, 0.05) is 16.7 Å². The molecule has 3 N–H and O–H groups in total. The number of aryl methyl sites for hydroxylation is 1. The summed E-state index contributed by atoms with van der Waals surface area (Å²) in [5, 5.41) is 0. The Balaban J connectivity index is 1.50. The van der Waals surface area contributed by atoms with Gasteiger partial charge in [-0.1, -0.05) is 24.1 Å². The van der Waals surface area contributed by atoms with Crippen LogP contribution in [0.1, 0.15) is 37.7 Å². The molecular weight excluding hydrogens is 264 g/mol. The maximum atomic E-state index is 5.78. The topological polar surface area (TPSA) is 38.0 Å². The molecule has 1 aromatic carbocycles. The predicted molar refractivity (Wildman–Crippen MR) is 86.6 cm³/mol. The van der Waals surface area contributed by atoms with E-state index in [1.807, 2.05) is 11.8 Å². The fourth-order valence-electron chi connectivity index (χ4n) is 4.12. The van der Waals surface area contributed by atoms with E-state index in [2.05, 4.69) is 36.6 Å². The van der Waals surface area contributed by atoms with E-state index in [1.165, 1.54) is 42.6 Å². The Hall–Kier alpha value is -0.510. The number of hydrogen-bond acceptors (Lipinski definition) is 3. The lowest BCUT2D eigenvalue weighted by atomic mass is 9.84. The van der Waals surface area contributed by atoms with Gasteiger partial charge in [0.2, 0.25) is 0 Å². The Morgan fingerprint density at radius 1 is 1.35 bits per heavy atom. The molecule has 2 aliphatic carbocycles. The van der Waals surface area contributed by atoms with E-state index in [9.17, 15) is 0 Å².